The van der Waals surface area contributed by atoms with Gasteiger partial charge in [-0.2, -0.15) is 4.99 Å². The first kappa shape index (κ1) is 11.1. The smallest absolute Gasteiger partial charge is 0.231 e. The molecule has 1 heterocycles. The number of benzene rings is 1. The van der Waals surface area contributed by atoms with Crippen molar-refractivity contribution in [3.05, 3.63) is 18.2 Å². The minimum absolute atomic E-state index is 0.0751. The van der Waals surface area contributed by atoms with E-state index in [0.29, 0.717) is 17.2 Å². The van der Waals surface area contributed by atoms with E-state index in [9.17, 15) is 0 Å². The topological polar surface area (TPSA) is 110 Å². The quantitative estimate of drug-likeness (QED) is 0.471. The number of rotatable bonds is 1. The summed E-state index contributed by atoms with van der Waals surface area (Å²) in [5.74, 6) is 0.998. The lowest BCUT2D eigenvalue weighted by molar-refractivity contribution is 0.174. The maximum absolute atomic E-state index is 7.71. The van der Waals surface area contributed by atoms with Crippen LogP contribution in [0.4, 0.5) is 5.69 Å². The Bertz CT molecular complexity index is 482. The van der Waals surface area contributed by atoms with Crippen molar-refractivity contribution in [1.29, 1.82) is 5.41 Å². The summed E-state index contributed by atoms with van der Waals surface area (Å²) in [4.78, 5) is 5.17. The maximum atomic E-state index is 7.71. The number of hydrogen-bond donors (Lipinski definition) is 3. The molecule has 0 amide bonds. The molecule has 5 N–H and O–H groups in total. The molecule has 0 bridgehead atoms. The van der Waals surface area contributed by atoms with E-state index < -0.39 is 0 Å². The molecule has 1 aliphatic heterocycles. The zero-order valence-electron chi connectivity index (χ0n) is 9.30. The van der Waals surface area contributed by atoms with Crippen LogP contribution in [0, 0.1) is 5.41 Å². The molecule has 2 rings (SSSR count). The molecule has 0 saturated heterocycles. The fourth-order valence-corrected chi connectivity index (χ4v) is 1.49. The highest BCUT2D eigenvalue weighted by molar-refractivity contribution is 6.01. The number of guanidine groups is 2. The van der Waals surface area contributed by atoms with Gasteiger partial charge in [0.15, 0.2) is 17.5 Å². The number of hydrogen-bond acceptors (Lipinski definition) is 3. The highest BCUT2D eigenvalue weighted by atomic mass is 16.7. The molecule has 0 atom stereocenters. The molecule has 0 radical (unpaired) electrons. The number of ether oxygens (including phenoxy) is 2. The Morgan fingerprint density at radius 2 is 2.18 bits per heavy atom. The van der Waals surface area contributed by atoms with E-state index in [-0.39, 0.29) is 18.7 Å². The third-order valence-electron chi connectivity index (χ3n) is 2.29. The molecule has 0 aliphatic carbocycles. The van der Waals surface area contributed by atoms with Crippen molar-refractivity contribution in [2.75, 3.05) is 18.7 Å². The molecule has 1 aliphatic rings. The van der Waals surface area contributed by atoms with Gasteiger partial charge in [-0.05, 0) is 12.1 Å². The molecule has 0 spiro atoms. The summed E-state index contributed by atoms with van der Waals surface area (Å²) in [6, 6.07) is 5.40. The second-order valence-electron chi connectivity index (χ2n) is 3.43. The Hall–Kier alpha value is -2.44. The summed E-state index contributed by atoms with van der Waals surface area (Å²) in [7, 11) is 1.67. The first-order valence-electron chi connectivity index (χ1n) is 4.90. The summed E-state index contributed by atoms with van der Waals surface area (Å²) >= 11 is 0. The highest BCUT2D eigenvalue weighted by Crippen LogP contribution is 2.40. The standard InChI is InChI=1S/C10H13N5O2/c1-15(10(13)14-9(11)12)6-3-2-4-7-8(6)17-5-16-7/h2-4H,5H2,1H3,(H5,11,12,13,14). The van der Waals surface area contributed by atoms with E-state index in [1.807, 2.05) is 6.07 Å². The van der Waals surface area contributed by atoms with Gasteiger partial charge in [0.05, 0.1) is 5.69 Å². The van der Waals surface area contributed by atoms with Crippen molar-refractivity contribution < 1.29 is 9.47 Å². The van der Waals surface area contributed by atoms with E-state index in [4.69, 9.17) is 26.4 Å². The minimum Gasteiger partial charge on any atom is -0.454 e. The van der Waals surface area contributed by atoms with Gasteiger partial charge in [-0.3, -0.25) is 5.41 Å². The van der Waals surface area contributed by atoms with Crippen LogP contribution in [0.15, 0.2) is 23.2 Å². The summed E-state index contributed by atoms with van der Waals surface area (Å²) < 4.78 is 10.6. The van der Waals surface area contributed by atoms with Crippen molar-refractivity contribution in [2.45, 2.75) is 0 Å². The fourth-order valence-electron chi connectivity index (χ4n) is 1.49. The highest BCUT2D eigenvalue weighted by Gasteiger charge is 2.21. The third-order valence-corrected chi connectivity index (χ3v) is 2.29. The van der Waals surface area contributed by atoms with Crippen LogP contribution in [-0.4, -0.2) is 25.8 Å². The van der Waals surface area contributed by atoms with Crippen molar-refractivity contribution >= 4 is 17.6 Å². The molecular weight excluding hydrogens is 222 g/mol. The normalized spacial score (nSPS) is 12.1. The van der Waals surface area contributed by atoms with Gasteiger partial charge in [0.2, 0.25) is 12.8 Å². The van der Waals surface area contributed by atoms with E-state index >= 15 is 0 Å². The Balaban J connectivity index is 2.32. The van der Waals surface area contributed by atoms with Gasteiger partial charge < -0.3 is 25.8 Å². The lowest BCUT2D eigenvalue weighted by atomic mass is 10.2. The van der Waals surface area contributed by atoms with Gasteiger partial charge in [0.1, 0.15) is 0 Å². The average molecular weight is 235 g/mol. The van der Waals surface area contributed by atoms with Crippen LogP contribution >= 0.6 is 0 Å². The Morgan fingerprint density at radius 1 is 1.41 bits per heavy atom. The molecule has 17 heavy (non-hydrogen) atoms. The predicted octanol–water partition coefficient (Wildman–Crippen LogP) is 0.0597. The van der Waals surface area contributed by atoms with E-state index in [0.717, 1.165) is 0 Å². The first-order valence-corrected chi connectivity index (χ1v) is 4.90. The molecule has 0 saturated carbocycles. The zero-order valence-corrected chi connectivity index (χ0v) is 9.30. The van der Waals surface area contributed by atoms with E-state index in [2.05, 4.69) is 4.99 Å². The van der Waals surface area contributed by atoms with Crippen molar-refractivity contribution in [3.63, 3.8) is 0 Å². The fraction of sp³-hybridized carbons (Fsp3) is 0.200. The molecule has 1 aromatic carbocycles. The number of fused-ring (bicyclic) bond motifs is 1. The second-order valence-corrected chi connectivity index (χ2v) is 3.43. The van der Waals surface area contributed by atoms with Crippen LogP contribution in [0.1, 0.15) is 0 Å². The summed E-state index contributed by atoms with van der Waals surface area (Å²) in [6.45, 7) is 0.176. The van der Waals surface area contributed by atoms with Crippen LogP contribution in [0.2, 0.25) is 0 Å². The van der Waals surface area contributed by atoms with Gasteiger partial charge >= 0.3 is 0 Å². The number of nitrogens with zero attached hydrogens (tertiary/aromatic N) is 2. The van der Waals surface area contributed by atoms with Gasteiger partial charge in [-0.1, -0.05) is 6.07 Å². The van der Waals surface area contributed by atoms with Crippen LogP contribution in [0.3, 0.4) is 0 Å². The van der Waals surface area contributed by atoms with Gasteiger partial charge in [0, 0.05) is 7.05 Å². The zero-order chi connectivity index (χ0) is 12.4. The molecule has 1 aromatic rings. The summed E-state index contributed by atoms with van der Waals surface area (Å²) in [6.07, 6.45) is 0. The average Bonchev–Trinajstić information content (AvgIpc) is 2.74. The first-order chi connectivity index (χ1) is 8.09. The predicted molar refractivity (Wildman–Crippen MR) is 64.5 cm³/mol. The van der Waals surface area contributed by atoms with Crippen LogP contribution in [0.5, 0.6) is 11.5 Å². The van der Waals surface area contributed by atoms with Crippen LogP contribution < -0.4 is 25.8 Å². The second kappa shape index (κ2) is 4.20. The maximum Gasteiger partial charge on any atom is 0.231 e. The third kappa shape index (κ3) is 2.07. The molecule has 0 aromatic heterocycles. The molecule has 0 fully saturated rings. The minimum atomic E-state index is -0.161. The van der Waals surface area contributed by atoms with Crippen molar-refractivity contribution in [1.82, 2.24) is 0 Å². The Morgan fingerprint density at radius 3 is 2.88 bits per heavy atom. The SMILES string of the molecule is CN(C(=N)N=C(N)N)c1cccc2c1OCO2. The van der Waals surface area contributed by atoms with Gasteiger partial charge in [-0.15, -0.1) is 0 Å². The summed E-state index contributed by atoms with van der Waals surface area (Å²) in [5, 5.41) is 7.71. The number of para-hydroxylation sites is 1. The lowest BCUT2D eigenvalue weighted by Gasteiger charge is -2.18. The van der Waals surface area contributed by atoms with Crippen molar-refractivity contribution in [2.24, 2.45) is 16.5 Å². The number of aliphatic imine (C=N–C) groups is 1. The van der Waals surface area contributed by atoms with Crippen LogP contribution in [-0.2, 0) is 0 Å². The number of nitrogens with one attached hydrogen (secondary N) is 1. The Labute approximate surface area is 98.1 Å². The molecular formula is C10H13N5O2. The number of anilines is 1. The van der Waals surface area contributed by atoms with Gasteiger partial charge in [0.25, 0.3) is 0 Å². The molecule has 90 valence electrons. The van der Waals surface area contributed by atoms with Crippen molar-refractivity contribution in [3.8, 4) is 11.5 Å². The molecule has 7 heteroatoms. The molecule has 7 nitrogen and oxygen atoms in total. The number of nitrogens with two attached hydrogens (primary N) is 2. The van der Waals surface area contributed by atoms with Crippen LogP contribution in [0.25, 0.3) is 0 Å². The summed E-state index contributed by atoms with van der Waals surface area (Å²) in [5.41, 5.74) is 11.1. The largest absolute Gasteiger partial charge is 0.454 e. The van der Waals surface area contributed by atoms with E-state index in [1.54, 1.807) is 19.2 Å². The lowest BCUT2D eigenvalue weighted by Crippen LogP contribution is -2.30. The van der Waals surface area contributed by atoms with Gasteiger partial charge in [-0.25, -0.2) is 0 Å². The molecule has 0 unspecified atom stereocenters. The Kier molecular flexibility index (Phi) is 2.73. The van der Waals surface area contributed by atoms with E-state index in [1.165, 1.54) is 4.90 Å². The monoisotopic (exact) mass is 235 g/mol.